The number of nitrogens with zero attached hydrogens (tertiary/aromatic N) is 1. The average Bonchev–Trinajstić information content (AvgIpc) is 2.95. The van der Waals surface area contributed by atoms with Crippen LogP contribution < -0.4 is 10.1 Å². The van der Waals surface area contributed by atoms with E-state index in [1.165, 1.54) is 4.31 Å². The highest BCUT2D eigenvalue weighted by Gasteiger charge is 2.27. The highest BCUT2D eigenvalue weighted by molar-refractivity contribution is 7.89. The molecule has 1 saturated heterocycles. The SMILES string of the molecule is O=C(NCCN1CCCS1(=O)=O)c1ccccc1Oc1ccccc1. The van der Waals surface area contributed by atoms with Crippen LogP contribution in [-0.2, 0) is 10.0 Å². The van der Waals surface area contributed by atoms with Crippen molar-refractivity contribution in [1.29, 1.82) is 0 Å². The molecule has 0 saturated carbocycles. The van der Waals surface area contributed by atoms with Gasteiger partial charge in [0.15, 0.2) is 0 Å². The van der Waals surface area contributed by atoms with Gasteiger partial charge >= 0.3 is 0 Å². The van der Waals surface area contributed by atoms with Crippen molar-refractivity contribution in [2.24, 2.45) is 0 Å². The minimum absolute atomic E-state index is 0.189. The van der Waals surface area contributed by atoms with Crippen molar-refractivity contribution in [2.75, 3.05) is 25.4 Å². The summed E-state index contributed by atoms with van der Waals surface area (Å²) in [5.41, 5.74) is 0.413. The van der Waals surface area contributed by atoms with Crippen LogP contribution >= 0.6 is 0 Å². The molecule has 1 heterocycles. The molecule has 2 aromatic rings. The zero-order valence-corrected chi connectivity index (χ0v) is 14.5. The summed E-state index contributed by atoms with van der Waals surface area (Å²) in [6.07, 6.45) is 0.643. The number of benzene rings is 2. The van der Waals surface area contributed by atoms with Gasteiger partial charge in [-0.1, -0.05) is 30.3 Å². The van der Waals surface area contributed by atoms with E-state index < -0.39 is 10.0 Å². The highest BCUT2D eigenvalue weighted by Crippen LogP contribution is 2.24. The summed E-state index contributed by atoms with van der Waals surface area (Å²) in [7, 11) is -3.14. The average molecular weight is 360 g/mol. The molecule has 1 aliphatic heterocycles. The topological polar surface area (TPSA) is 75.7 Å². The van der Waals surface area contributed by atoms with Gasteiger partial charge in [-0.05, 0) is 30.7 Å². The van der Waals surface area contributed by atoms with E-state index in [0.717, 1.165) is 0 Å². The summed E-state index contributed by atoms with van der Waals surface area (Å²) in [5.74, 6) is 1.00. The fourth-order valence-electron chi connectivity index (χ4n) is 2.69. The van der Waals surface area contributed by atoms with Gasteiger partial charge in [0.2, 0.25) is 10.0 Å². The van der Waals surface area contributed by atoms with E-state index in [4.69, 9.17) is 4.74 Å². The number of carbonyl (C=O) groups excluding carboxylic acids is 1. The number of hydrogen-bond acceptors (Lipinski definition) is 4. The lowest BCUT2D eigenvalue weighted by molar-refractivity contribution is 0.0949. The molecular formula is C18H20N2O4S. The molecule has 0 unspecified atom stereocenters. The number of sulfonamides is 1. The molecule has 25 heavy (non-hydrogen) atoms. The molecule has 0 atom stereocenters. The summed E-state index contributed by atoms with van der Waals surface area (Å²) in [5, 5.41) is 2.76. The molecule has 3 rings (SSSR count). The number of para-hydroxylation sites is 2. The fourth-order valence-corrected chi connectivity index (χ4v) is 4.22. The van der Waals surface area contributed by atoms with Gasteiger partial charge in [0.05, 0.1) is 11.3 Å². The minimum Gasteiger partial charge on any atom is -0.457 e. The summed E-state index contributed by atoms with van der Waals surface area (Å²) >= 11 is 0. The van der Waals surface area contributed by atoms with Crippen LogP contribution in [0.4, 0.5) is 0 Å². The lowest BCUT2D eigenvalue weighted by Gasteiger charge is -2.15. The molecule has 0 spiro atoms. The van der Waals surface area contributed by atoms with Crippen LogP contribution in [0, 0.1) is 0 Å². The molecule has 7 heteroatoms. The maximum absolute atomic E-state index is 12.4. The van der Waals surface area contributed by atoms with Crippen LogP contribution in [0.1, 0.15) is 16.8 Å². The summed E-state index contributed by atoms with van der Waals surface area (Å²) in [6.45, 7) is 1.07. The van der Waals surface area contributed by atoms with Crippen molar-refractivity contribution in [3.05, 3.63) is 60.2 Å². The van der Waals surface area contributed by atoms with Gasteiger partial charge in [-0.2, -0.15) is 0 Å². The highest BCUT2D eigenvalue weighted by atomic mass is 32.2. The maximum Gasteiger partial charge on any atom is 0.255 e. The van der Waals surface area contributed by atoms with Gasteiger partial charge in [-0.3, -0.25) is 4.79 Å². The number of carbonyl (C=O) groups is 1. The Labute approximate surface area is 147 Å². The summed E-state index contributed by atoms with van der Waals surface area (Å²) in [6, 6.07) is 16.2. The Balaban J connectivity index is 1.62. The first-order chi connectivity index (χ1) is 12.1. The maximum atomic E-state index is 12.4. The second-order valence-corrected chi connectivity index (χ2v) is 7.82. The molecule has 0 aromatic heterocycles. The lowest BCUT2D eigenvalue weighted by atomic mass is 10.2. The first-order valence-corrected chi connectivity index (χ1v) is 9.75. The first-order valence-electron chi connectivity index (χ1n) is 8.14. The van der Waals surface area contributed by atoms with Crippen LogP contribution in [0.2, 0.25) is 0 Å². The van der Waals surface area contributed by atoms with E-state index in [9.17, 15) is 13.2 Å². The number of amides is 1. The number of hydrogen-bond donors (Lipinski definition) is 1. The molecule has 0 bridgehead atoms. The lowest BCUT2D eigenvalue weighted by Crippen LogP contribution is -2.35. The van der Waals surface area contributed by atoms with E-state index in [-0.39, 0.29) is 24.7 Å². The van der Waals surface area contributed by atoms with Crippen LogP contribution in [0.3, 0.4) is 0 Å². The largest absolute Gasteiger partial charge is 0.457 e. The molecular weight excluding hydrogens is 340 g/mol. The normalized spacial score (nSPS) is 16.5. The van der Waals surface area contributed by atoms with Crippen molar-refractivity contribution in [2.45, 2.75) is 6.42 Å². The number of rotatable bonds is 6. The third-order valence-electron chi connectivity index (χ3n) is 3.95. The predicted molar refractivity (Wildman–Crippen MR) is 95.3 cm³/mol. The van der Waals surface area contributed by atoms with Crippen molar-refractivity contribution in [3.8, 4) is 11.5 Å². The second kappa shape index (κ2) is 7.67. The van der Waals surface area contributed by atoms with E-state index in [2.05, 4.69) is 5.32 Å². The molecule has 0 radical (unpaired) electrons. The monoisotopic (exact) mass is 360 g/mol. The van der Waals surface area contributed by atoms with Crippen molar-refractivity contribution < 1.29 is 17.9 Å². The molecule has 132 valence electrons. The molecule has 1 N–H and O–H groups in total. The van der Waals surface area contributed by atoms with Crippen LogP contribution in [0.15, 0.2) is 54.6 Å². The number of ether oxygens (including phenoxy) is 1. The summed E-state index contributed by atoms with van der Waals surface area (Å²) in [4.78, 5) is 12.4. The zero-order chi connectivity index (χ0) is 17.7. The zero-order valence-electron chi connectivity index (χ0n) is 13.7. The van der Waals surface area contributed by atoms with Crippen LogP contribution in [0.25, 0.3) is 0 Å². The minimum atomic E-state index is -3.14. The smallest absolute Gasteiger partial charge is 0.255 e. The molecule has 1 aliphatic rings. The quantitative estimate of drug-likeness (QED) is 0.857. The Kier molecular flexibility index (Phi) is 5.35. The Morgan fingerprint density at radius 3 is 2.52 bits per heavy atom. The van der Waals surface area contributed by atoms with Gasteiger partial charge in [0.1, 0.15) is 11.5 Å². The third kappa shape index (κ3) is 4.37. The Morgan fingerprint density at radius 1 is 1.08 bits per heavy atom. The molecule has 2 aromatic carbocycles. The van der Waals surface area contributed by atoms with Gasteiger partial charge in [0, 0.05) is 19.6 Å². The van der Waals surface area contributed by atoms with Crippen LogP contribution in [-0.4, -0.2) is 44.0 Å². The molecule has 1 fully saturated rings. The van der Waals surface area contributed by atoms with E-state index in [1.807, 2.05) is 30.3 Å². The standard InChI is InChI=1S/C18H20N2O4S/c21-18(19-11-13-20-12-6-14-25(20,22)23)16-9-4-5-10-17(16)24-15-7-2-1-3-8-15/h1-5,7-10H,6,11-14H2,(H,19,21). The molecule has 0 aliphatic carbocycles. The van der Waals surface area contributed by atoms with Crippen molar-refractivity contribution in [3.63, 3.8) is 0 Å². The van der Waals surface area contributed by atoms with Gasteiger partial charge in [-0.25, -0.2) is 12.7 Å². The van der Waals surface area contributed by atoms with E-state index >= 15 is 0 Å². The third-order valence-corrected chi connectivity index (χ3v) is 5.91. The Hall–Kier alpha value is -2.38. The second-order valence-electron chi connectivity index (χ2n) is 5.74. The first kappa shape index (κ1) is 17.4. The fraction of sp³-hybridized carbons (Fsp3) is 0.278. The number of nitrogens with one attached hydrogen (secondary N) is 1. The summed E-state index contributed by atoms with van der Waals surface area (Å²) < 4.78 is 30.7. The van der Waals surface area contributed by atoms with E-state index in [1.54, 1.807) is 24.3 Å². The van der Waals surface area contributed by atoms with E-state index in [0.29, 0.717) is 30.0 Å². The molecule has 6 nitrogen and oxygen atoms in total. The Bertz CT molecular complexity index is 837. The Morgan fingerprint density at radius 2 is 1.80 bits per heavy atom. The van der Waals surface area contributed by atoms with Gasteiger partial charge < -0.3 is 10.1 Å². The van der Waals surface area contributed by atoms with Crippen molar-refractivity contribution >= 4 is 15.9 Å². The van der Waals surface area contributed by atoms with Crippen LogP contribution in [0.5, 0.6) is 11.5 Å². The van der Waals surface area contributed by atoms with Crippen molar-refractivity contribution in [1.82, 2.24) is 9.62 Å². The van der Waals surface area contributed by atoms with Gasteiger partial charge in [0.25, 0.3) is 5.91 Å². The predicted octanol–water partition coefficient (Wildman–Crippen LogP) is 2.24. The molecule has 1 amide bonds. The van der Waals surface area contributed by atoms with Gasteiger partial charge in [-0.15, -0.1) is 0 Å².